The Hall–Kier alpha value is -1.89. The van der Waals surface area contributed by atoms with Gasteiger partial charge < -0.3 is 15.2 Å². The van der Waals surface area contributed by atoms with Gasteiger partial charge in [-0.3, -0.25) is 0 Å². The molecule has 2 rings (SSSR count). The second-order valence-electron chi connectivity index (χ2n) is 4.13. The summed E-state index contributed by atoms with van der Waals surface area (Å²) in [7, 11) is 0. The summed E-state index contributed by atoms with van der Waals surface area (Å²) >= 11 is 3.27. The van der Waals surface area contributed by atoms with Crippen LogP contribution in [0.1, 0.15) is 5.56 Å². The third kappa shape index (κ3) is 4.56. The van der Waals surface area contributed by atoms with Crippen molar-refractivity contribution < 1.29 is 22.6 Å². The SMILES string of the molecule is Nc1cc(Br)ccc1COc1ccccc1OC(F)(F)F. The lowest BCUT2D eigenvalue weighted by molar-refractivity contribution is -0.275. The molecular weight excluding hydrogens is 351 g/mol. The van der Waals surface area contributed by atoms with Crippen LogP contribution in [-0.4, -0.2) is 6.36 Å². The molecule has 2 aromatic rings. The molecule has 0 bridgehead atoms. The van der Waals surface area contributed by atoms with Crippen molar-refractivity contribution in [1.29, 1.82) is 0 Å². The molecule has 0 unspecified atom stereocenters. The number of ether oxygens (including phenoxy) is 2. The summed E-state index contributed by atoms with van der Waals surface area (Å²) in [6.45, 7) is 0.0390. The van der Waals surface area contributed by atoms with E-state index < -0.39 is 6.36 Å². The van der Waals surface area contributed by atoms with Crippen molar-refractivity contribution in [2.45, 2.75) is 13.0 Å². The highest BCUT2D eigenvalue weighted by Gasteiger charge is 2.32. The van der Waals surface area contributed by atoms with Gasteiger partial charge in [-0.15, -0.1) is 13.2 Å². The predicted molar refractivity (Wildman–Crippen MR) is 76.0 cm³/mol. The van der Waals surface area contributed by atoms with Crippen LogP contribution in [0.2, 0.25) is 0 Å². The molecule has 2 N–H and O–H groups in total. The fourth-order valence-electron chi connectivity index (χ4n) is 1.63. The standard InChI is InChI=1S/C14H11BrF3NO2/c15-10-6-5-9(11(19)7-10)8-20-12-3-1-2-4-13(12)21-14(16,17)18/h1-7H,8,19H2. The monoisotopic (exact) mass is 361 g/mol. The second kappa shape index (κ2) is 6.26. The van der Waals surface area contributed by atoms with Gasteiger partial charge in [-0.05, 0) is 24.3 Å². The smallest absolute Gasteiger partial charge is 0.485 e. The molecule has 0 radical (unpaired) electrons. The molecule has 7 heteroatoms. The molecule has 21 heavy (non-hydrogen) atoms. The van der Waals surface area contributed by atoms with E-state index >= 15 is 0 Å². The Labute approximate surface area is 127 Å². The number of alkyl halides is 3. The van der Waals surface area contributed by atoms with Gasteiger partial charge in [-0.25, -0.2) is 0 Å². The van der Waals surface area contributed by atoms with E-state index in [-0.39, 0.29) is 18.1 Å². The number of anilines is 1. The van der Waals surface area contributed by atoms with Gasteiger partial charge in [0.15, 0.2) is 11.5 Å². The molecule has 112 valence electrons. The molecule has 0 atom stereocenters. The van der Waals surface area contributed by atoms with Crippen LogP contribution in [0.3, 0.4) is 0 Å². The maximum absolute atomic E-state index is 12.3. The van der Waals surface area contributed by atoms with E-state index in [1.807, 2.05) is 0 Å². The average Bonchev–Trinajstić information content (AvgIpc) is 2.37. The van der Waals surface area contributed by atoms with E-state index in [0.717, 1.165) is 4.47 Å². The molecule has 0 aliphatic heterocycles. The molecular formula is C14H11BrF3NO2. The van der Waals surface area contributed by atoms with Crippen molar-refractivity contribution in [2.75, 3.05) is 5.73 Å². The van der Waals surface area contributed by atoms with Gasteiger partial charge in [0.05, 0.1) is 0 Å². The fraction of sp³-hybridized carbons (Fsp3) is 0.143. The number of halogens is 4. The lowest BCUT2D eigenvalue weighted by Gasteiger charge is -2.14. The van der Waals surface area contributed by atoms with Crippen molar-refractivity contribution in [1.82, 2.24) is 0 Å². The topological polar surface area (TPSA) is 44.5 Å². The first-order valence-electron chi connectivity index (χ1n) is 5.86. The predicted octanol–water partition coefficient (Wildman–Crippen LogP) is 4.51. The zero-order valence-corrected chi connectivity index (χ0v) is 12.2. The quantitative estimate of drug-likeness (QED) is 0.814. The summed E-state index contributed by atoms with van der Waals surface area (Å²) in [6, 6.07) is 10.8. The fourth-order valence-corrected chi connectivity index (χ4v) is 2.01. The third-order valence-electron chi connectivity index (χ3n) is 2.57. The summed E-state index contributed by atoms with van der Waals surface area (Å²) in [5, 5.41) is 0. The molecule has 0 heterocycles. The normalized spacial score (nSPS) is 11.2. The Balaban J connectivity index is 2.13. The van der Waals surface area contributed by atoms with Crippen LogP contribution in [-0.2, 0) is 6.61 Å². The first-order chi connectivity index (χ1) is 9.85. The summed E-state index contributed by atoms with van der Waals surface area (Å²) in [5.41, 5.74) is 6.96. The number of benzene rings is 2. The maximum atomic E-state index is 12.3. The molecule has 2 aromatic carbocycles. The lowest BCUT2D eigenvalue weighted by atomic mass is 10.2. The van der Waals surface area contributed by atoms with E-state index in [0.29, 0.717) is 11.3 Å². The first-order valence-corrected chi connectivity index (χ1v) is 6.66. The van der Waals surface area contributed by atoms with Crippen LogP contribution in [0, 0.1) is 0 Å². The third-order valence-corrected chi connectivity index (χ3v) is 3.06. The van der Waals surface area contributed by atoms with E-state index in [9.17, 15) is 13.2 Å². The van der Waals surface area contributed by atoms with Crippen molar-refractivity contribution in [2.24, 2.45) is 0 Å². The number of para-hydroxylation sites is 2. The molecule has 0 amide bonds. The van der Waals surface area contributed by atoms with Gasteiger partial charge in [0.1, 0.15) is 6.61 Å². The van der Waals surface area contributed by atoms with Gasteiger partial charge in [-0.2, -0.15) is 0 Å². The van der Waals surface area contributed by atoms with Crippen LogP contribution in [0.4, 0.5) is 18.9 Å². The van der Waals surface area contributed by atoms with Gasteiger partial charge in [-0.1, -0.05) is 34.1 Å². The van der Waals surface area contributed by atoms with E-state index in [1.54, 1.807) is 24.3 Å². The number of hydrogen-bond acceptors (Lipinski definition) is 3. The summed E-state index contributed by atoms with van der Waals surface area (Å²) in [4.78, 5) is 0. The van der Waals surface area contributed by atoms with Crippen molar-refractivity contribution in [3.05, 3.63) is 52.5 Å². The Bertz CT molecular complexity index is 632. The highest BCUT2D eigenvalue weighted by atomic mass is 79.9. The molecule has 0 spiro atoms. The Morgan fingerprint density at radius 1 is 1.05 bits per heavy atom. The Morgan fingerprint density at radius 2 is 1.71 bits per heavy atom. The molecule has 0 aliphatic carbocycles. The van der Waals surface area contributed by atoms with Crippen molar-refractivity contribution in [3.8, 4) is 11.5 Å². The van der Waals surface area contributed by atoms with Crippen molar-refractivity contribution in [3.63, 3.8) is 0 Å². The van der Waals surface area contributed by atoms with E-state index in [2.05, 4.69) is 20.7 Å². The highest BCUT2D eigenvalue weighted by molar-refractivity contribution is 9.10. The maximum Gasteiger partial charge on any atom is 0.573 e. The van der Waals surface area contributed by atoms with E-state index in [1.165, 1.54) is 18.2 Å². The summed E-state index contributed by atoms with van der Waals surface area (Å²) < 4.78 is 47.0. The largest absolute Gasteiger partial charge is 0.573 e. The molecule has 0 fully saturated rings. The Morgan fingerprint density at radius 3 is 2.33 bits per heavy atom. The summed E-state index contributed by atoms with van der Waals surface area (Å²) in [5.74, 6) is -0.391. The first kappa shape index (κ1) is 15.5. The van der Waals surface area contributed by atoms with Crippen LogP contribution < -0.4 is 15.2 Å². The molecule has 0 aliphatic rings. The van der Waals surface area contributed by atoms with Crippen LogP contribution in [0.5, 0.6) is 11.5 Å². The number of rotatable bonds is 4. The molecule has 0 aromatic heterocycles. The van der Waals surface area contributed by atoms with Gasteiger partial charge in [0.25, 0.3) is 0 Å². The van der Waals surface area contributed by atoms with Crippen LogP contribution in [0.15, 0.2) is 46.9 Å². The number of nitrogen functional groups attached to an aromatic ring is 1. The number of hydrogen-bond donors (Lipinski definition) is 1. The summed E-state index contributed by atoms with van der Waals surface area (Å²) in [6.07, 6.45) is -4.77. The van der Waals surface area contributed by atoms with Gasteiger partial charge in [0.2, 0.25) is 0 Å². The number of nitrogens with two attached hydrogens (primary N) is 1. The van der Waals surface area contributed by atoms with Crippen molar-refractivity contribution >= 4 is 21.6 Å². The van der Waals surface area contributed by atoms with Gasteiger partial charge >= 0.3 is 6.36 Å². The Kier molecular flexibility index (Phi) is 4.62. The zero-order valence-electron chi connectivity index (χ0n) is 10.7. The second-order valence-corrected chi connectivity index (χ2v) is 5.04. The van der Waals surface area contributed by atoms with E-state index in [4.69, 9.17) is 10.5 Å². The minimum atomic E-state index is -4.77. The molecule has 0 saturated carbocycles. The molecule has 3 nitrogen and oxygen atoms in total. The zero-order chi connectivity index (χ0) is 15.5. The molecule has 0 saturated heterocycles. The van der Waals surface area contributed by atoms with Crippen LogP contribution >= 0.6 is 15.9 Å². The minimum Gasteiger partial charge on any atom is -0.485 e. The minimum absolute atomic E-state index is 0.00264. The van der Waals surface area contributed by atoms with Crippen LogP contribution in [0.25, 0.3) is 0 Å². The lowest BCUT2D eigenvalue weighted by Crippen LogP contribution is -2.17. The van der Waals surface area contributed by atoms with Gasteiger partial charge in [0, 0.05) is 15.7 Å². The highest BCUT2D eigenvalue weighted by Crippen LogP contribution is 2.32. The average molecular weight is 362 g/mol.